The van der Waals surface area contributed by atoms with Crippen LogP contribution in [0.15, 0.2) is 12.4 Å². The number of nitrogens with zero attached hydrogens (tertiary/aromatic N) is 2. The molecule has 6 nitrogen and oxygen atoms in total. The molecule has 1 aromatic heterocycles. The zero-order valence-corrected chi connectivity index (χ0v) is 9.90. The molecule has 1 aromatic rings. The lowest BCUT2D eigenvalue weighted by molar-refractivity contribution is 0.0593. The van der Waals surface area contributed by atoms with E-state index >= 15 is 0 Å². The van der Waals surface area contributed by atoms with Crippen LogP contribution in [0.4, 0.5) is 4.79 Å². The van der Waals surface area contributed by atoms with E-state index in [4.69, 9.17) is 6.42 Å². The summed E-state index contributed by atoms with van der Waals surface area (Å²) in [7, 11) is 1.76. The molecule has 0 saturated heterocycles. The van der Waals surface area contributed by atoms with E-state index in [0.29, 0.717) is 5.56 Å². The molecule has 1 heterocycles. The van der Waals surface area contributed by atoms with E-state index in [9.17, 15) is 9.90 Å². The van der Waals surface area contributed by atoms with Gasteiger partial charge >= 0.3 is 6.03 Å². The second-order valence-corrected chi connectivity index (χ2v) is 3.92. The first kappa shape index (κ1) is 13.1. The van der Waals surface area contributed by atoms with Crippen molar-refractivity contribution in [3.05, 3.63) is 18.0 Å². The normalized spacial score (nSPS) is 13.5. The minimum Gasteiger partial charge on any atom is -0.383 e. The molecule has 0 saturated carbocycles. The van der Waals surface area contributed by atoms with Gasteiger partial charge in [-0.2, -0.15) is 5.10 Å². The predicted molar refractivity (Wildman–Crippen MR) is 63.0 cm³/mol. The molecule has 0 spiro atoms. The number of aliphatic hydroxyl groups is 1. The molecule has 0 aliphatic carbocycles. The molecule has 1 rings (SSSR count). The number of hydrogen-bond donors (Lipinski definition) is 3. The Hall–Kier alpha value is -2.00. The molecule has 17 heavy (non-hydrogen) atoms. The summed E-state index contributed by atoms with van der Waals surface area (Å²) < 4.78 is 1.59. The molecule has 0 radical (unpaired) electrons. The number of hydrogen-bond acceptors (Lipinski definition) is 3. The number of carbonyl (C=O) groups is 1. The Balaban J connectivity index is 2.50. The number of nitrogens with one attached hydrogen (secondary N) is 2. The van der Waals surface area contributed by atoms with Crippen LogP contribution in [-0.2, 0) is 12.6 Å². The van der Waals surface area contributed by atoms with Crippen molar-refractivity contribution in [2.24, 2.45) is 7.05 Å². The summed E-state index contributed by atoms with van der Waals surface area (Å²) in [5, 5.41) is 19.1. The maximum Gasteiger partial charge on any atom is 0.315 e. The van der Waals surface area contributed by atoms with E-state index in [1.165, 1.54) is 0 Å². The third kappa shape index (κ3) is 3.81. The lowest BCUT2D eigenvalue weighted by atomic mass is 10.00. The smallest absolute Gasteiger partial charge is 0.315 e. The highest BCUT2D eigenvalue weighted by Gasteiger charge is 2.25. The summed E-state index contributed by atoms with van der Waals surface area (Å²) >= 11 is 0. The van der Waals surface area contributed by atoms with Gasteiger partial charge < -0.3 is 15.7 Å². The summed E-state index contributed by atoms with van der Waals surface area (Å²) in [5.74, 6) is 2.28. The highest BCUT2D eigenvalue weighted by molar-refractivity contribution is 5.74. The lowest BCUT2D eigenvalue weighted by Gasteiger charge is -2.22. The topological polar surface area (TPSA) is 79.2 Å². The average molecular weight is 236 g/mol. The Kier molecular flexibility index (Phi) is 4.12. The summed E-state index contributed by atoms with van der Waals surface area (Å²) in [6, 6.07) is -0.410. The second kappa shape index (κ2) is 5.37. The van der Waals surface area contributed by atoms with Crippen LogP contribution in [0.3, 0.4) is 0 Å². The van der Waals surface area contributed by atoms with Gasteiger partial charge in [0.15, 0.2) is 0 Å². The van der Waals surface area contributed by atoms with E-state index in [0.717, 1.165) is 0 Å². The van der Waals surface area contributed by atoms with Crippen molar-refractivity contribution in [3.8, 4) is 12.3 Å². The summed E-state index contributed by atoms with van der Waals surface area (Å²) in [5.41, 5.74) is -0.529. The lowest BCUT2D eigenvalue weighted by Crippen LogP contribution is -2.43. The molecule has 0 fully saturated rings. The van der Waals surface area contributed by atoms with Crippen LogP contribution >= 0.6 is 0 Å². The molecule has 0 bridgehead atoms. The van der Waals surface area contributed by atoms with Gasteiger partial charge in [0.2, 0.25) is 0 Å². The zero-order valence-electron chi connectivity index (χ0n) is 9.90. The first-order chi connectivity index (χ1) is 7.95. The summed E-state index contributed by atoms with van der Waals surface area (Å²) in [4.78, 5) is 11.2. The van der Waals surface area contributed by atoms with Gasteiger partial charge in [0.25, 0.3) is 0 Å². The molecule has 0 aromatic carbocycles. The maximum absolute atomic E-state index is 11.2. The molecule has 1 atom stereocenters. The van der Waals surface area contributed by atoms with E-state index in [1.54, 1.807) is 31.0 Å². The fourth-order valence-corrected chi connectivity index (χ4v) is 1.25. The van der Waals surface area contributed by atoms with Crippen molar-refractivity contribution < 1.29 is 9.90 Å². The Bertz CT molecular complexity index is 431. The number of amides is 2. The fourth-order valence-electron chi connectivity index (χ4n) is 1.25. The Morgan fingerprint density at radius 3 is 2.94 bits per heavy atom. The van der Waals surface area contributed by atoms with Gasteiger partial charge in [-0.1, -0.05) is 5.92 Å². The number of rotatable bonds is 4. The van der Waals surface area contributed by atoms with Crippen LogP contribution in [-0.4, -0.2) is 34.0 Å². The van der Waals surface area contributed by atoms with Gasteiger partial charge in [0.1, 0.15) is 5.60 Å². The van der Waals surface area contributed by atoms with Crippen molar-refractivity contribution in [3.63, 3.8) is 0 Å². The maximum atomic E-state index is 11.2. The van der Waals surface area contributed by atoms with Crippen LogP contribution in [0.25, 0.3) is 0 Å². The molecule has 92 valence electrons. The number of aromatic nitrogens is 2. The Labute approximate surface area is 100 Å². The van der Waals surface area contributed by atoms with Crippen molar-refractivity contribution in [1.29, 1.82) is 0 Å². The highest BCUT2D eigenvalue weighted by Crippen LogP contribution is 2.18. The first-order valence-electron chi connectivity index (χ1n) is 5.12. The van der Waals surface area contributed by atoms with E-state index in [2.05, 4.69) is 21.7 Å². The molecular weight excluding hydrogens is 220 g/mol. The number of aryl methyl sites for hydroxylation is 1. The van der Waals surface area contributed by atoms with Gasteiger partial charge in [-0.3, -0.25) is 4.68 Å². The van der Waals surface area contributed by atoms with Crippen LogP contribution < -0.4 is 10.6 Å². The van der Waals surface area contributed by atoms with E-state index in [-0.39, 0.29) is 13.1 Å². The third-order valence-electron chi connectivity index (χ3n) is 2.27. The second-order valence-electron chi connectivity index (χ2n) is 3.92. The van der Waals surface area contributed by atoms with Crippen LogP contribution in [0.2, 0.25) is 0 Å². The van der Waals surface area contributed by atoms with Gasteiger partial charge in [0, 0.05) is 18.8 Å². The minimum absolute atomic E-state index is 0.0785. The molecule has 1 unspecified atom stereocenters. The molecule has 0 aliphatic heterocycles. The minimum atomic E-state index is -1.16. The monoisotopic (exact) mass is 236 g/mol. The Morgan fingerprint density at radius 2 is 2.41 bits per heavy atom. The Morgan fingerprint density at radius 1 is 1.71 bits per heavy atom. The first-order valence-corrected chi connectivity index (χ1v) is 5.12. The van der Waals surface area contributed by atoms with E-state index in [1.807, 2.05) is 0 Å². The predicted octanol–water partition coefficient (Wildman–Crippen LogP) is -0.440. The zero-order chi connectivity index (χ0) is 12.9. The van der Waals surface area contributed by atoms with Gasteiger partial charge in [-0.15, -0.1) is 6.42 Å². The van der Waals surface area contributed by atoms with Crippen molar-refractivity contribution in [2.75, 3.05) is 13.1 Å². The summed E-state index contributed by atoms with van der Waals surface area (Å²) in [6.07, 6.45) is 8.25. The molecule has 0 aliphatic rings. The summed E-state index contributed by atoms with van der Waals surface area (Å²) in [6.45, 7) is 1.83. The standard InChI is InChI=1S/C11H16N4O2/c1-4-5-12-10(16)13-8-11(2,17)9-6-14-15(3)7-9/h1,6-7,17H,5,8H2,2-3H3,(H2,12,13,16). The quantitative estimate of drug-likeness (QED) is 0.620. The van der Waals surface area contributed by atoms with Gasteiger partial charge in [-0.05, 0) is 6.92 Å². The van der Waals surface area contributed by atoms with Gasteiger partial charge in [-0.25, -0.2) is 4.79 Å². The molecule has 6 heteroatoms. The molecular formula is C11H16N4O2. The average Bonchev–Trinajstić information content (AvgIpc) is 2.71. The molecule has 3 N–H and O–H groups in total. The number of carbonyl (C=O) groups excluding carboxylic acids is 1. The largest absolute Gasteiger partial charge is 0.383 e. The third-order valence-corrected chi connectivity index (χ3v) is 2.27. The van der Waals surface area contributed by atoms with Crippen LogP contribution in [0.1, 0.15) is 12.5 Å². The van der Waals surface area contributed by atoms with Crippen molar-refractivity contribution in [2.45, 2.75) is 12.5 Å². The van der Waals surface area contributed by atoms with Crippen molar-refractivity contribution in [1.82, 2.24) is 20.4 Å². The number of terminal acetylenes is 1. The SMILES string of the molecule is C#CCNC(=O)NCC(C)(O)c1cnn(C)c1. The van der Waals surface area contributed by atoms with Crippen molar-refractivity contribution >= 4 is 6.03 Å². The highest BCUT2D eigenvalue weighted by atomic mass is 16.3. The van der Waals surface area contributed by atoms with Crippen LogP contribution in [0, 0.1) is 12.3 Å². The number of urea groups is 1. The van der Waals surface area contributed by atoms with Gasteiger partial charge in [0.05, 0.1) is 19.3 Å². The fraction of sp³-hybridized carbons (Fsp3) is 0.455. The molecule has 2 amide bonds. The van der Waals surface area contributed by atoms with Crippen LogP contribution in [0.5, 0.6) is 0 Å². The van der Waals surface area contributed by atoms with E-state index < -0.39 is 11.6 Å².